The van der Waals surface area contributed by atoms with Crippen LogP contribution in [0.2, 0.25) is 36.3 Å². The van der Waals surface area contributed by atoms with Crippen LogP contribution in [0, 0.1) is 17.8 Å². The molecule has 14 heteroatoms. The maximum absolute atomic E-state index is 11.1. The van der Waals surface area contributed by atoms with Gasteiger partial charge in [0.2, 0.25) is 5.24 Å². The summed E-state index contributed by atoms with van der Waals surface area (Å²) in [4.78, 5) is 38.2. The van der Waals surface area contributed by atoms with Gasteiger partial charge in [-0.2, -0.15) is 0 Å². The molecule has 0 spiro atoms. The second kappa shape index (κ2) is 27.9. The fraction of sp³-hybridized carbons (Fsp3) is 0.917. The predicted molar refractivity (Wildman–Crippen MR) is 242 cm³/mol. The van der Waals surface area contributed by atoms with Gasteiger partial charge in [-0.25, -0.2) is 0 Å². The van der Waals surface area contributed by atoms with Gasteiger partial charge in [0.25, 0.3) is 0 Å². The zero-order valence-electron chi connectivity index (χ0n) is 33.3. The van der Waals surface area contributed by atoms with Crippen molar-refractivity contribution in [1.29, 1.82) is 0 Å². The molecule has 0 radical (unpaired) electrons. The lowest BCUT2D eigenvalue weighted by Crippen LogP contribution is -2.45. The topological polar surface area (TPSA) is 130 Å². The van der Waals surface area contributed by atoms with Gasteiger partial charge >= 0.3 is 11.9 Å². The Labute approximate surface area is 354 Å². The highest BCUT2D eigenvalue weighted by molar-refractivity contribution is 14.1. The van der Waals surface area contributed by atoms with E-state index in [2.05, 4.69) is 136 Å². The highest BCUT2D eigenvalue weighted by atomic mass is 127. The van der Waals surface area contributed by atoms with Gasteiger partial charge in [-0.3, -0.25) is 14.4 Å². The van der Waals surface area contributed by atoms with Crippen molar-refractivity contribution < 1.29 is 38.6 Å². The molecule has 3 saturated carbocycles. The van der Waals surface area contributed by atoms with E-state index in [-0.39, 0.29) is 45.3 Å². The lowest BCUT2D eigenvalue weighted by atomic mass is 9.88. The van der Waals surface area contributed by atoms with Gasteiger partial charge in [-0.1, -0.05) is 109 Å². The van der Waals surface area contributed by atoms with Gasteiger partial charge in [-0.05, 0) is 140 Å². The summed E-state index contributed by atoms with van der Waals surface area (Å²) in [6.07, 6.45) is 10.0. The molecule has 0 atom stereocenters. The maximum atomic E-state index is 11.1. The Morgan fingerprint density at radius 3 is 1.00 bits per heavy atom. The summed E-state index contributed by atoms with van der Waals surface area (Å²) in [5, 5.41) is 26.8. The third-order valence-electron chi connectivity index (χ3n) is 10.6. The SMILES string of the molecule is CC(C)(C)[Si](C)(C)OC1CCC(C(=O)Cl)CC1.CC(C)(C)[Si](C)(C)OC1CCC(C(=O)O)CC1.CI.CI.CI.O=C(O)C1CCC(O)CC1. The number of alkyl halides is 3. The number of carbonyl (C=O) groups excluding carboxylic acids is 1. The Balaban J connectivity index is -0.000000631. The number of carboxylic acid groups (broad SMARTS) is 2. The van der Waals surface area contributed by atoms with E-state index in [0.29, 0.717) is 31.8 Å². The van der Waals surface area contributed by atoms with Gasteiger partial charge in [0, 0.05) is 18.1 Å². The summed E-state index contributed by atoms with van der Waals surface area (Å²) < 4.78 is 12.7. The highest BCUT2D eigenvalue weighted by Gasteiger charge is 2.41. The molecule has 0 saturated heterocycles. The van der Waals surface area contributed by atoms with Crippen LogP contribution in [0.15, 0.2) is 0 Å². The first-order valence-corrected chi connectivity index (χ1v) is 30.5. The van der Waals surface area contributed by atoms with Gasteiger partial charge in [0.1, 0.15) is 0 Å². The van der Waals surface area contributed by atoms with Crippen molar-refractivity contribution in [3.63, 3.8) is 0 Å². The summed E-state index contributed by atoms with van der Waals surface area (Å²) in [6, 6.07) is 0. The van der Waals surface area contributed by atoms with Crippen LogP contribution in [0.4, 0.5) is 0 Å². The van der Waals surface area contributed by atoms with E-state index in [1.54, 1.807) is 0 Å². The fourth-order valence-electron chi connectivity index (χ4n) is 5.34. The lowest BCUT2D eigenvalue weighted by Gasteiger charge is -2.41. The van der Waals surface area contributed by atoms with E-state index in [9.17, 15) is 14.4 Å². The Bertz CT molecular complexity index is 863. The number of aliphatic hydroxyl groups is 1. The van der Waals surface area contributed by atoms with E-state index in [0.717, 1.165) is 51.4 Å². The van der Waals surface area contributed by atoms with Crippen LogP contribution in [-0.2, 0) is 23.2 Å². The summed E-state index contributed by atoms with van der Waals surface area (Å²) in [5.74, 6) is -1.64. The minimum absolute atomic E-state index is 0.0657. The summed E-state index contributed by atoms with van der Waals surface area (Å²) in [5.41, 5.74) is 0. The molecule has 3 N–H and O–H groups in total. The summed E-state index contributed by atoms with van der Waals surface area (Å²) in [7, 11) is -3.35. The third kappa shape index (κ3) is 22.7. The molecule has 0 aromatic carbocycles. The average molecular weight is 1110 g/mol. The first kappa shape index (κ1) is 55.7. The van der Waals surface area contributed by atoms with Gasteiger partial charge in [-0.15, -0.1) is 0 Å². The molecule has 3 fully saturated rings. The van der Waals surface area contributed by atoms with Crippen molar-refractivity contribution in [2.75, 3.05) is 14.8 Å². The molecule has 300 valence electrons. The van der Waals surface area contributed by atoms with E-state index >= 15 is 0 Å². The van der Waals surface area contributed by atoms with Gasteiger partial charge in [0.05, 0.1) is 17.9 Å². The van der Waals surface area contributed by atoms with E-state index in [1.807, 2.05) is 14.8 Å². The lowest BCUT2D eigenvalue weighted by molar-refractivity contribution is -0.144. The Hall–Kier alpha value is 1.40. The quantitative estimate of drug-likeness (QED) is 0.0995. The van der Waals surface area contributed by atoms with E-state index < -0.39 is 28.6 Å². The third-order valence-corrected chi connectivity index (χ3v) is 20.0. The number of carbonyl (C=O) groups is 3. The fourth-order valence-corrected chi connectivity index (χ4v) is 8.41. The summed E-state index contributed by atoms with van der Waals surface area (Å²) in [6.45, 7) is 22.6. The van der Waals surface area contributed by atoms with Crippen molar-refractivity contribution in [2.45, 2.75) is 173 Å². The predicted octanol–water partition coefficient (Wildman–Crippen LogP) is 11.8. The minimum atomic E-state index is -1.69. The molecule has 0 bridgehead atoms. The number of halogens is 4. The van der Waals surface area contributed by atoms with Crippen LogP contribution in [-0.4, -0.2) is 82.2 Å². The first-order valence-electron chi connectivity index (χ1n) is 17.8. The van der Waals surface area contributed by atoms with E-state index in [1.165, 1.54) is 0 Å². The minimum Gasteiger partial charge on any atom is -0.481 e. The smallest absolute Gasteiger partial charge is 0.306 e. The molecule has 8 nitrogen and oxygen atoms in total. The normalized spacial score (nSPS) is 25.4. The van der Waals surface area contributed by atoms with Crippen LogP contribution in [0.25, 0.3) is 0 Å². The molecule has 0 amide bonds. The van der Waals surface area contributed by atoms with Gasteiger partial charge < -0.3 is 24.2 Å². The van der Waals surface area contributed by atoms with Crippen LogP contribution in [0.3, 0.4) is 0 Å². The van der Waals surface area contributed by atoms with Crippen molar-refractivity contribution >= 4 is 113 Å². The largest absolute Gasteiger partial charge is 0.481 e. The van der Waals surface area contributed by atoms with Crippen LogP contribution >= 0.6 is 79.4 Å². The molecule has 0 heterocycles. The number of rotatable bonds is 7. The van der Waals surface area contributed by atoms with Gasteiger partial charge in [0.15, 0.2) is 16.6 Å². The Morgan fingerprint density at radius 2 is 0.780 bits per heavy atom. The number of hydrogen-bond donors (Lipinski definition) is 3. The van der Waals surface area contributed by atoms with E-state index in [4.69, 9.17) is 35.8 Å². The summed E-state index contributed by atoms with van der Waals surface area (Å²) >= 11 is 12.0. The van der Waals surface area contributed by atoms with Crippen LogP contribution < -0.4 is 0 Å². The Morgan fingerprint density at radius 1 is 0.540 bits per heavy atom. The zero-order chi connectivity index (χ0) is 40.1. The zero-order valence-corrected chi connectivity index (χ0v) is 42.6. The second-order valence-corrected chi connectivity index (χ2v) is 26.1. The first-order chi connectivity index (χ1) is 23.0. The molecule has 50 heavy (non-hydrogen) atoms. The molecule has 3 rings (SSSR count). The average Bonchev–Trinajstić information content (AvgIpc) is 3.04. The maximum Gasteiger partial charge on any atom is 0.306 e. The standard InChI is InChI=1S/C13H25ClO2Si.C13H26O3Si.C7H12O3.3CH3I/c2*1-13(2,3)17(4,5)16-11-8-6-10(7-9-11)12(14)15;8-6-3-1-5(2-4-6)7(9)10;3*1-2/h10-11H,6-9H2,1-5H3;10-11H,6-9H2,1-5H3,(H,14,15);5-6,8H,1-4H2,(H,9,10);3*1H3. The number of aliphatic carboxylic acids is 2. The van der Waals surface area contributed by atoms with Crippen molar-refractivity contribution in [1.82, 2.24) is 0 Å². The molecular formula is C36H72ClI3O8Si2. The molecular weight excluding hydrogens is 1030 g/mol. The molecule has 3 aliphatic carbocycles. The monoisotopic (exact) mass is 1100 g/mol. The molecule has 3 aliphatic rings. The number of aliphatic hydroxyl groups excluding tert-OH is 1. The number of hydrogen-bond acceptors (Lipinski definition) is 6. The van der Waals surface area contributed by atoms with Crippen molar-refractivity contribution in [2.24, 2.45) is 17.8 Å². The number of carboxylic acids is 2. The molecule has 0 aromatic heterocycles. The van der Waals surface area contributed by atoms with Crippen molar-refractivity contribution in [3.8, 4) is 0 Å². The molecule has 0 aromatic rings. The molecule has 0 unspecified atom stereocenters. The molecule has 0 aliphatic heterocycles. The Kier molecular flexibility index (Phi) is 31.1. The highest BCUT2D eigenvalue weighted by Crippen LogP contribution is 2.41. The van der Waals surface area contributed by atoms with Crippen molar-refractivity contribution in [3.05, 3.63) is 0 Å². The van der Waals surface area contributed by atoms with Crippen LogP contribution in [0.5, 0.6) is 0 Å². The second-order valence-electron chi connectivity index (χ2n) is 16.2. The van der Waals surface area contributed by atoms with Crippen LogP contribution in [0.1, 0.15) is 119 Å².